The lowest BCUT2D eigenvalue weighted by atomic mass is 9.97. The number of amides is 1. The molecule has 0 aliphatic carbocycles. The van der Waals surface area contributed by atoms with E-state index >= 15 is 0 Å². The number of nitrogens with one attached hydrogen (secondary N) is 1. The second kappa shape index (κ2) is 9.81. The fraction of sp³-hybridized carbons (Fsp3) is 0.320. The van der Waals surface area contributed by atoms with E-state index in [0.29, 0.717) is 36.8 Å². The monoisotopic (exact) mass is 420 g/mol. The number of nitrogens with zero attached hydrogens (tertiary/aromatic N) is 1. The fourth-order valence-electron chi connectivity index (χ4n) is 4.13. The van der Waals surface area contributed by atoms with Crippen LogP contribution in [-0.2, 0) is 4.74 Å². The summed E-state index contributed by atoms with van der Waals surface area (Å²) in [6.45, 7) is 3.57. The second-order valence-corrected chi connectivity index (χ2v) is 7.51. The molecule has 1 atom stereocenters. The molecule has 0 saturated carbocycles. The van der Waals surface area contributed by atoms with Crippen molar-refractivity contribution in [2.45, 2.75) is 6.04 Å². The Hall–Kier alpha value is -3.09. The Balaban J connectivity index is 1.59. The van der Waals surface area contributed by atoms with Crippen LogP contribution in [-0.4, -0.2) is 57.9 Å². The zero-order chi connectivity index (χ0) is 21.6. The first-order valence-corrected chi connectivity index (χ1v) is 10.5. The highest BCUT2D eigenvalue weighted by molar-refractivity contribution is 5.95. The van der Waals surface area contributed by atoms with Crippen LogP contribution in [0.25, 0.3) is 10.8 Å². The van der Waals surface area contributed by atoms with Gasteiger partial charge in [0.05, 0.1) is 33.5 Å². The predicted octanol–water partition coefficient (Wildman–Crippen LogP) is 3.66. The number of hydrogen-bond acceptors (Lipinski definition) is 5. The Morgan fingerprint density at radius 2 is 1.74 bits per heavy atom. The molecule has 162 valence electrons. The van der Waals surface area contributed by atoms with Gasteiger partial charge in [-0.15, -0.1) is 0 Å². The zero-order valence-corrected chi connectivity index (χ0v) is 18.0. The minimum absolute atomic E-state index is 0.0547. The van der Waals surface area contributed by atoms with E-state index in [1.807, 2.05) is 0 Å². The summed E-state index contributed by atoms with van der Waals surface area (Å²) in [7, 11) is 3.14. The first kappa shape index (κ1) is 21.2. The third-order valence-corrected chi connectivity index (χ3v) is 5.77. The summed E-state index contributed by atoms with van der Waals surface area (Å²) in [6, 6.07) is 20.0. The molecule has 0 spiro atoms. The summed E-state index contributed by atoms with van der Waals surface area (Å²) in [6.07, 6.45) is 0. The average Bonchev–Trinajstić information content (AvgIpc) is 2.84. The highest BCUT2D eigenvalue weighted by Crippen LogP contribution is 2.30. The number of ether oxygens (including phenoxy) is 3. The van der Waals surface area contributed by atoms with Crippen LogP contribution >= 0.6 is 0 Å². The maximum Gasteiger partial charge on any atom is 0.251 e. The maximum absolute atomic E-state index is 12.9. The van der Waals surface area contributed by atoms with E-state index in [9.17, 15) is 4.79 Å². The summed E-state index contributed by atoms with van der Waals surface area (Å²) in [5.74, 6) is 0.995. The van der Waals surface area contributed by atoms with E-state index in [2.05, 4.69) is 52.7 Å². The number of morpholine rings is 1. The smallest absolute Gasteiger partial charge is 0.251 e. The first-order chi connectivity index (χ1) is 15.2. The van der Waals surface area contributed by atoms with Gasteiger partial charge >= 0.3 is 0 Å². The molecular weight excluding hydrogens is 392 g/mol. The van der Waals surface area contributed by atoms with Crippen LogP contribution in [0.5, 0.6) is 11.5 Å². The van der Waals surface area contributed by atoms with Crippen LogP contribution in [0.1, 0.15) is 22.0 Å². The van der Waals surface area contributed by atoms with Crippen LogP contribution in [0, 0.1) is 0 Å². The molecule has 1 saturated heterocycles. The summed E-state index contributed by atoms with van der Waals surface area (Å²) in [5.41, 5.74) is 1.75. The Labute approximate surface area is 182 Å². The number of methoxy groups -OCH3 is 2. The van der Waals surface area contributed by atoms with Gasteiger partial charge in [-0.3, -0.25) is 9.69 Å². The minimum atomic E-state index is -0.139. The van der Waals surface area contributed by atoms with E-state index in [4.69, 9.17) is 14.2 Å². The average molecular weight is 421 g/mol. The minimum Gasteiger partial charge on any atom is -0.493 e. The van der Waals surface area contributed by atoms with Gasteiger partial charge in [-0.05, 0) is 34.5 Å². The van der Waals surface area contributed by atoms with Gasteiger partial charge in [-0.25, -0.2) is 0 Å². The molecule has 1 amide bonds. The molecule has 0 radical (unpaired) electrons. The van der Waals surface area contributed by atoms with Gasteiger partial charge in [0.2, 0.25) is 0 Å². The molecule has 6 heteroatoms. The number of rotatable bonds is 7. The molecule has 1 fully saturated rings. The second-order valence-electron chi connectivity index (χ2n) is 7.51. The molecule has 1 heterocycles. The van der Waals surface area contributed by atoms with Gasteiger partial charge in [-0.1, -0.05) is 42.5 Å². The Morgan fingerprint density at radius 3 is 2.52 bits per heavy atom. The number of carbonyl (C=O) groups excluding carboxylic acids is 1. The van der Waals surface area contributed by atoms with Crippen LogP contribution < -0.4 is 14.8 Å². The summed E-state index contributed by atoms with van der Waals surface area (Å²) >= 11 is 0. The quantitative estimate of drug-likeness (QED) is 0.632. The van der Waals surface area contributed by atoms with Gasteiger partial charge < -0.3 is 19.5 Å². The topological polar surface area (TPSA) is 60.0 Å². The van der Waals surface area contributed by atoms with Crippen molar-refractivity contribution in [1.82, 2.24) is 10.2 Å². The van der Waals surface area contributed by atoms with E-state index in [1.165, 1.54) is 16.3 Å². The van der Waals surface area contributed by atoms with E-state index < -0.39 is 0 Å². The largest absolute Gasteiger partial charge is 0.493 e. The van der Waals surface area contributed by atoms with E-state index in [0.717, 1.165) is 13.1 Å². The van der Waals surface area contributed by atoms with Crippen LogP contribution in [0.4, 0.5) is 0 Å². The molecule has 31 heavy (non-hydrogen) atoms. The van der Waals surface area contributed by atoms with Crippen molar-refractivity contribution in [3.05, 3.63) is 71.8 Å². The Morgan fingerprint density at radius 1 is 1.00 bits per heavy atom. The van der Waals surface area contributed by atoms with Crippen molar-refractivity contribution in [3.8, 4) is 11.5 Å². The molecule has 4 rings (SSSR count). The molecule has 6 nitrogen and oxygen atoms in total. The summed E-state index contributed by atoms with van der Waals surface area (Å²) < 4.78 is 16.2. The molecule has 0 aromatic heterocycles. The zero-order valence-electron chi connectivity index (χ0n) is 18.0. The van der Waals surface area contributed by atoms with Crippen LogP contribution in [0.3, 0.4) is 0 Å². The number of fused-ring (bicyclic) bond motifs is 1. The third-order valence-electron chi connectivity index (χ3n) is 5.77. The molecule has 1 N–H and O–H groups in total. The lowest BCUT2D eigenvalue weighted by Gasteiger charge is -2.35. The third kappa shape index (κ3) is 4.65. The lowest BCUT2D eigenvalue weighted by Crippen LogP contribution is -2.43. The van der Waals surface area contributed by atoms with Crippen molar-refractivity contribution < 1.29 is 19.0 Å². The molecule has 1 aliphatic heterocycles. The van der Waals surface area contributed by atoms with Gasteiger partial charge in [0.25, 0.3) is 5.91 Å². The van der Waals surface area contributed by atoms with Crippen LogP contribution in [0.15, 0.2) is 60.7 Å². The van der Waals surface area contributed by atoms with Crippen molar-refractivity contribution in [2.24, 2.45) is 0 Å². The van der Waals surface area contributed by atoms with Crippen LogP contribution in [0.2, 0.25) is 0 Å². The summed E-state index contributed by atoms with van der Waals surface area (Å²) in [5, 5.41) is 5.54. The molecule has 1 aliphatic rings. The normalized spacial score (nSPS) is 15.4. The van der Waals surface area contributed by atoms with E-state index in [-0.39, 0.29) is 11.9 Å². The molecule has 3 aromatic rings. The van der Waals surface area contributed by atoms with Gasteiger partial charge in [0.15, 0.2) is 11.5 Å². The highest BCUT2D eigenvalue weighted by Gasteiger charge is 2.25. The lowest BCUT2D eigenvalue weighted by molar-refractivity contribution is 0.0165. The number of benzene rings is 3. The maximum atomic E-state index is 12.9. The van der Waals surface area contributed by atoms with Gasteiger partial charge in [0, 0.05) is 25.2 Å². The van der Waals surface area contributed by atoms with Crippen molar-refractivity contribution in [3.63, 3.8) is 0 Å². The number of hydrogen-bond donors (Lipinski definition) is 1. The standard InChI is InChI=1S/C25H28N2O4/c1-29-23-11-10-19(16-24(23)30-2)25(28)26-17-22(27-12-14-31-15-13-27)21-9-5-7-18-6-3-4-8-20(18)21/h3-11,16,22H,12-15,17H2,1-2H3,(H,26,28)/t22-/m0/s1. The fourth-order valence-corrected chi connectivity index (χ4v) is 4.13. The van der Waals surface area contributed by atoms with Crippen molar-refractivity contribution >= 4 is 16.7 Å². The molecule has 0 unspecified atom stereocenters. The van der Waals surface area contributed by atoms with Crippen molar-refractivity contribution in [2.75, 3.05) is 47.1 Å². The Kier molecular flexibility index (Phi) is 6.70. The highest BCUT2D eigenvalue weighted by atomic mass is 16.5. The predicted molar refractivity (Wildman–Crippen MR) is 121 cm³/mol. The molecule has 3 aromatic carbocycles. The van der Waals surface area contributed by atoms with E-state index in [1.54, 1.807) is 32.4 Å². The Bertz CT molecular complexity index is 1040. The summed E-state index contributed by atoms with van der Waals surface area (Å²) in [4.78, 5) is 15.3. The van der Waals surface area contributed by atoms with Crippen molar-refractivity contribution in [1.29, 1.82) is 0 Å². The molecule has 0 bridgehead atoms. The SMILES string of the molecule is COc1ccc(C(=O)NC[C@@H](c2cccc3ccccc23)N2CCOCC2)cc1OC. The molecular formula is C25H28N2O4. The van der Waals surface area contributed by atoms with Gasteiger partial charge in [0.1, 0.15) is 0 Å². The first-order valence-electron chi connectivity index (χ1n) is 10.5. The van der Waals surface area contributed by atoms with Gasteiger partial charge in [-0.2, -0.15) is 0 Å². The number of carbonyl (C=O) groups is 1.